The van der Waals surface area contributed by atoms with Crippen molar-refractivity contribution in [3.63, 3.8) is 0 Å². The van der Waals surface area contributed by atoms with Gasteiger partial charge < -0.3 is 10.4 Å². The lowest BCUT2D eigenvalue weighted by molar-refractivity contribution is -0.137. The molecule has 0 unspecified atom stereocenters. The average molecular weight is 321 g/mol. The van der Waals surface area contributed by atoms with E-state index < -0.39 is 17.4 Å². The Morgan fingerprint density at radius 3 is 2.38 bits per heavy atom. The average Bonchev–Trinajstić information content (AvgIpc) is 2.35. The highest BCUT2D eigenvalue weighted by Crippen LogP contribution is 2.40. The van der Waals surface area contributed by atoms with Gasteiger partial charge in [-0.25, -0.2) is 0 Å². The Morgan fingerprint density at radius 2 is 1.76 bits per heavy atom. The number of amides is 1. The van der Waals surface area contributed by atoms with Gasteiger partial charge in [0.15, 0.2) is 0 Å². The van der Waals surface area contributed by atoms with Gasteiger partial charge >= 0.3 is 11.5 Å². The third-order valence-electron chi connectivity index (χ3n) is 2.43. The number of carboxylic acid groups (broad SMARTS) is 1. The monoisotopic (exact) mass is 321 g/mol. The molecule has 4 nitrogen and oxygen atoms in total. The molecule has 0 saturated carbocycles. The van der Waals surface area contributed by atoms with E-state index in [0.717, 1.165) is 0 Å². The number of rotatable bonds is 7. The van der Waals surface area contributed by atoms with Gasteiger partial charge in [-0.15, -0.1) is 0 Å². The molecule has 0 heterocycles. The summed E-state index contributed by atoms with van der Waals surface area (Å²) in [5, 5.41) is 10.9. The van der Waals surface area contributed by atoms with Crippen molar-refractivity contribution in [3.05, 3.63) is 24.3 Å². The number of halogens is 3. The first-order valence-corrected chi connectivity index (χ1v) is 6.96. The van der Waals surface area contributed by atoms with Crippen molar-refractivity contribution in [3.8, 4) is 0 Å². The predicted octanol–water partition coefficient (Wildman–Crippen LogP) is 3.88. The molecule has 1 rings (SSSR count). The van der Waals surface area contributed by atoms with E-state index in [2.05, 4.69) is 5.32 Å². The zero-order valence-electron chi connectivity index (χ0n) is 10.9. The molecule has 1 amide bonds. The summed E-state index contributed by atoms with van der Waals surface area (Å²) in [6.45, 7) is 0. The highest BCUT2D eigenvalue weighted by molar-refractivity contribution is 8.00. The third kappa shape index (κ3) is 7.60. The van der Waals surface area contributed by atoms with Crippen LogP contribution >= 0.6 is 11.8 Å². The van der Waals surface area contributed by atoms with Gasteiger partial charge in [-0.1, -0.05) is 12.1 Å². The summed E-state index contributed by atoms with van der Waals surface area (Å²) in [5.74, 6) is -1.38. The van der Waals surface area contributed by atoms with Crippen LogP contribution in [0, 0.1) is 0 Å². The van der Waals surface area contributed by atoms with E-state index in [9.17, 15) is 22.8 Å². The SMILES string of the molecule is O=C(O)CCCCC(=O)Nc1ccccc1SC(F)(F)F. The largest absolute Gasteiger partial charge is 0.481 e. The maximum atomic E-state index is 12.4. The molecule has 0 aliphatic heterocycles. The van der Waals surface area contributed by atoms with Gasteiger partial charge in [0.1, 0.15) is 0 Å². The van der Waals surface area contributed by atoms with Crippen LogP contribution in [0.3, 0.4) is 0 Å². The van der Waals surface area contributed by atoms with Crippen molar-refractivity contribution in [2.45, 2.75) is 36.1 Å². The number of carbonyl (C=O) groups is 2. The first kappa shape index (κ1) is 17.4. The van der Waals surface area contributed by atoms with Crippen LogP contribution in [0.25, 0.3) is 0 Å². The predicted molar refractivity (Wildman–Crippen MR) is 73.1 cm³/mol. The van der Waals surface area contributed by atoms with Gasteiger partial charge in [-0.2, -0.15) is 13.2 Å². The van der Waals surface area contributed by atoms with Crippen molar-refractivity contribution < 1.29 is 27.9 Å². The van der Waals surface area contributed by atoms with Crippen molar-refractivity contribution >= 4 is 29.3 Å². The lowest BCUT2D eigenvalue weighted by Crippen LogP contribution is -2.12. The topological polar surface area (TPSA) is 66.4 Å². The van der Waals surface area contributed by atoms with Gasteiger partial charge in [0.25, 0.3) is 0 Å². The van der Waals surface area contributed by atoms with Crippen molar-refractivity contribution in [2.24, 2.45) is 0 Å². The van der Waals surface area contributed by atoms with Crippen LogP contribution < -0.4 is 5.32 Å². The molecule has 0 radical (unpaired) electrons. The Balaban J connectivity index is 2.54. The summed E-state index contributed by atoms with van der Waals surface area (Å²) in [5.41, 5.74) is -4.33. The van der Waals surface area contributed by atoms with Gasteiger partial charge in [-0.3, -0.25) is 9.59 Å². The van der Waals surface area contributed by atoms with E-state index in [1.807, 2.05) is 0 Å². The number of alkyl halides is 3. The number of carbonyl (C=O) groups excluding carboxylic acids is 1. The summed E-state index contributed by atoms with van der Waals surface area (Å²) < 4.78 is 37.1. The van der Waals surface area contributed by atoms with Crippen LogP contribution in [-0.4, -0.2) is 22.5 Å². The van der Waals surface area contributed by atoms with Gasteiger partial charge in [0, 0.05) is 17.7 Å². The Labute approximate surface area is 123 Å². The molecule has 1 aromatic carbocycles. The molecular weight excluding hydrogens is 307 g/mol. The number of nitrogens with one attached hydrogen (secondary N) is 1. The number of hydrogen-bond acceptors (Lipinski definition) is 3. The standard InChI is InChI=1S/C13H14F3NO3S/c14-13(15,16)21-10-6-2-1-5-9(10)17-11(18)7-3-4-8-12(19)20/h1-2,5-6H,3-4,7-8H2,(H,17,18)(H,19,20). The lowest BCUT2D eigenvalue weighted by Gasteiger charge is -2.12. The van der Waals surface area contributed by atoms with Crippen LogP contribution in [0.5, 0.6) is 0 Å². The van der Waals surface area contributed by atoms with E-state index in [1.165, 1.54) is 24.3 Å². The summed E-state index contributed by atoms with van der Waals surface area (Å²) in [4.78, 5) is 21.8. The van der Waals surface area contributed by atoms with Crippen molar-refractivity contribution in [1.82, 2.24) is 0 Å². The number of aliphatic carboxylic acids is 1. The molecule has 0 bridgehead atoms. The van der Waals surface area contributed by atoms with Crippen LogP contribution in [0.1, 0.15) is 25.7 Å². The minimum atomic E-state index is -4.43. The van der Waals surface area contributed by atoms with Gasteiger partial charge in [-0.05, 0) is 36.7 Å². The first-order chi connectivity index (χ1) is 9.78. The van der Waals surface area contributed by atoms with E-state index in [1.54, 1.807) is 0 Å². The first-order valence-electron chi connectivity index (χ1n) is 6.14. The maximum Gasteiger partial charge on any atom is 0.446 e. The second kappa shape index (κ2) is 7.92. The molecular formula is C13H14F3NO3S. The number of para-hydroxylation sites is 1. The van der Waals surface area contributed by atoms with Gasteiger partial charge in [0.05, 0.1) is 5.69 Å². The minimum Gasteiger partial charge on any atom is -0.481 e. The molecule has 8 heteroatoms. The maximum absolute atomic E-state index is 12.4. The van der Waals surface area contributed by atoms with Crippen molar-refractivity contribution in [1.29, 1.82) is 0 Å². The number of hydrogen-bond donors (Lipinski definition) is 2. The summed E-state index contributed by atoms with van der Waals surface area (Å²) >= 11 is -0.291. The lowest BCUT2D eigenvalue weighted by atomic mass is 10.2. The zero-order valence-corrected chi connectivity index (χ0v) is 11.8. The molecule has 0 atom stereocenters. The smallest absolute Gasteiger partial charge is 0.446 e. The molecule has 0 spiro atoms. The fourth-order valence-electron chi connectivity index (χ4n) is 1.56. The second-order valence-electron chi connectivity index (χ2n) is 4.19. The van der Waals surface area contributed by atoms with Crippen LogP contribution in [0.2, 0.25) is 0 Å². The highest BCUT2D eigenvalue weighted by Gasteiger charge is 2.30. The van der Waals surface area contributed by atoms with Crippen molar-refractivity contribution in [2.75, 3.05) is 5.32 Å². The molecule has 0 fully saturated rings. The molecule has 0 aliphatic rings. The van der Waals surface area contributed by atoms with E-state index >= 15 is 0 Å². The Kier molecular flexibility index (Phi) is 6.54. The molecule has 0 saturated heterocycles. The van der Waals surface area contributed by atoms with E-state index in [-0.39, 0.29) is 35.2 Å². The fourth-order valence-corrected chi connectivity index (χ4v) is 2.18. The Hall–Kier alpha value is -1.70. The number of carboxylic acids is 1. The van der Waals surface area contributed by atoms with E-state index in [0.29, 0.717) is 12.8 Å². The molecule has 21 heavy (non-hydrogen) atoms. The minimum absolute atomic E-state index is 0.0339. The molecule has 1 aromatic rings. The normalized spacial score (nSPS) is 11.2. The number of anilines is 1. The van der Waals surface area contributed by atoms with Gasteiger partial charge in [0.2, 0.25) is 5.91 Å². The summed E-state index contributed by atoms with van der Waals surface area (Å²) in [7, 11) is 0. The second-order valence-corrected chi connectivity index (χ2v) is 5.30. The molecule has 116 valence electrons. The van der Waals surface area contributed by atoms with E-state index in [4.69, 9.17) is 5.11 Å². The number of benzene rings is 1. The number of thioether (sulfide) groups is 1. The van der Waals surface area contributed by atoms with Crippen LogP contribution in [-0.2, 0) is 9.59 Å². The fraction of sp³-hybridized carbons (Fsp3) is 0.385. The summed E-state index contributed by atoms with van der Waals surface area (Å²) in [6, 6.07) is 5.65. The molecule has 2 N–H and O–H groups in total. The number of unbranched alkanes of at least 4 members (excludes halogenated alkanes) is 1. The quantitative estimate of drug-likeness (QED) is 0.591. The van der Waals surface area contributed by atoms with Crippen LogP contribution in [0.4, 0.5) is 18.9 Å². The molecule has 0 aliphatic carbocycles. The third-order valence-corrected chi connectivity index (χ3v) is 3.24. The highest BCUT2D eigenvalue weighted by atomic mass is 32.2. The Morgan fingerprint density at radius 1 is 1.14 bits per heavy atom. The van der Waals surface area contributed by atoms with Crippen LogP contribution in [0.15, 0.2) is 29.2 Å². The summed E-state index contributed by atoms with van der Waals surface area (Å²) in [6.07, 6.45) is 0.751. The zero-order chi connectivity index (χ0) is 15.9. The Bertz CT molecular complexity index is 506. The molecule has 0 aromatic heterocycles.